The van der Waals surface area contributed by atoms with Gasteiger partial charge in [0.25, 0.3) is 0 Å². The predicted octanol–water partition coefficient (Wildman–Crippen LogP) is 2.36. The first-order chi connectivity index (χ1) is 9.92. The molecule has 0 amide bonds. The van der Waals surface area contributed by atoms with Gasteiger partial charge in [-0.15, -0.1) is 0 Å². The van der Waals surface area contributed by atoms with Crippen LogP contribution in [0.2, 0.25) is 0 Å². The number of hydrogen-bond acceptors (Lipinski definition) is 4. The largest absolute Gasteiger partial charge is 0.385 e. The third kappa shape index (κ3) is 3.64. The standard InChI is InChI=1S/C16H24N2O2/c1-3-16(18-7-11-20-12-8-18)4-2-15(1)17-13-14-5-9-19-10-6-14/h1-4,14,17H,5-13H2. The van der Waals surface area contributed by atoms with Crippen molar-refractivity contribution in [1.29, 1.82) is 0 Å². The number of benzene rings is 1. The van der Waals surface area contributed by atoms with E-state index in [1.807, 2.05) is 0 Å². The Kier molecular flexibility index (Phi) is 4.77. The molecule has 0 aliphatic carbocycles. The predicted molar refractivity (Wildman–Crippen MR) is 81.5 cm³/mol. The van der Waals surface area contributed by atoms with Crippen molar-refractivity contribution in [3.63, 3.8) is 0 Å². The van der Waals surface area contributed by atoms with Crippen LogP contribution in [0.5, 0.6) is 0 Å². The zero-order valence-electron chi connectivity index (χ0n) is 12.0. The van der Waals surface area contributed by atoms with Gasteiger partial charge in [-0.1, -0.05) is 0 Å². The molecule has 2 aliphatic heterocycles. The fourth-order valence-electron chi connectivity index (χ4n) is 2.82. The molecule has 2 fully saturated rings. The minimum atomic E-state index is 0.752. The second kappa shape index (κ2) is 6.95. The molecule has 0 radical (unpaired) electrons. The first-order valence-electron chi connectivity index (χ1n) is 7.66. The molecule has 0 bridgehead atoms. The molecule has 2 heterocycles. The molecule has 1 aromatic carbocycles. The van der Waals surface area contributed by atoms with E-state index in [0.717, 1.165) is 52.0 Å². The lowest BCUT2D eigenvalue weighted by atomic mass is 10.0. The second-order valence-electron chi connectivity index (χ2n) is 5.58. The summed E-state index contributed by atoms with van der Waals surface area (Å²) in [5.74, 6) is 0.752. The Morgan fingerprint density at radius 1 is 0.950 bits per heavy atom. The van der Waals surface area contributed by atoms with Crippen LogP contribution in [0.4, 0.5) is 11.4 Å². The highest BCUT2D eigenvalue weighted by atomic mass is 16.5. The van der Waals surface area contributed by atoms with Crippen molar-refractivity contribution in [2.24, 2.45) is 5.92 Å². The number of nitrogens with one attached hydrogen (secondary N) is 1. The molecule has 4 nitrogen and oxygen atoms in total. The van der Waals surface area contributed by atoms with Crippen LogP contribution in [0.1, 0.15) is 12.8 Å². The first kappa shape index (κ1) is 13.7. The monoisotopic (exact) mass is 276 g/mol. The second-order valence-corrected chi connectivity index (χ2v) is 5.58. The van der Waals surface area contributed by atoms with E-state index in [4.69, 9.17) is 9.47 Å². The van der Waals surface area contributed by atoms with Gasteiger partial charge in [-0.05, 0) is 43.0 Å². The molecule has 0 atom stereocenters. The molecular formula is C16H24N2O2. The summed E-state index contributed by atoms with van der Waals surface area (Å²) in [6, 6.07) is 8.78. The number of anilines is 2. The number of morpholine rings is 1. The molecule has 20 heavy (non-hydrogen) atoms. The van der Waals surface area contributed by atoms with Crippen LogP contribution in [-0.4, -0.2) is 46.1 Å². The van der Waals surface area contributed by atoms with E-state index in [-0.39, 0.29) is 0 Å². The highest BCUT2D eigenvalue weighted by molar-refractivity contribution is 5.55. The third-order valence-electron chi connectivity index (χ3n) is 4.18. The summed E-state index contributed by atoms with van der Waals surface area (Å²) in [5, 5.41) is 3.55. The van der Waals surface area contributed by atoms with Crippen LogP contribution in [-0.2, 0) is 9.47 Å². The summed E-state index contributed by atoms with van der Waals surface area (Å²) in [6.45, 7) is 6.56. The van der Waals surface area contributed by atoms with Crippen molar-refractivity contribution < 1.29 is 9.47 Å². The average molecular weight is 276 g/mol. The van der Waals surface area contributed by atoms with E-state index in [9.17, 15) is 0 Å². The van der Waals surface area contributed by atoms with Gasteiger partial charge in [-0.25, -0.2) is 0 Å². The van der Waals surface area contributed by atoms with E-state index in [2.05, 4.69) is 34.5 Å². The molecule has 0 unspecified atom stereocenters. The van der Waals surface area contributed by atoms with E-state index >= 15 is 0 Å². The minimum Gasteiger partial charge on any atom is -0.385 e. The van der Waals surface area contributed by atoms with Crippen LogP contribution in [0, 0.1) is 5.92 Å². The number of hydrogen-bond donors (Lipinski definition) is 1. The molecular weight excluding hydrogens is 252 g/mol. The van der Waals surface area contributed by atoms with Crippen LogP contribution in [0.25, 0.3) is 0 Å². The Morgan fingerprint density at radius 2 is 1.60 bits per heavy atom. The van der Waals surface area contributed by atoms with Gasteiger partial charge in [-0.2, -0.15) is 0 Å². The lowest BCUT2D eigenvalue weighted by Crippen LogP contribution is -2.36. The topological polar surface area (TPSA) is 33.7 Å². The highest BCUT2D eigenvalue weighted by Crippen LogP contribution is 2.20. The van der Waals surface area contributed by atoms with Crippen molar-refractivity contribution in [2.75, 3.05) is 56.3 Å². The van der Waals surface area contributed by atoms with Crippen molar-refractivity contribution >= 4 is 11.4 Å². The summed E-state index contributed by atoms with van der Waals surface area (Å²) in [4.78, 5) is 2.38. The molecule has 0 saturated carbocycles. The quantitative estimate of drug-likeness (QED) is 0.915. The summed E-state index contributed by atoms with van der Waals surface area (Å²) in [7, 11) is 0. The molecule has 4 heteroatoms. The minimum absolute atomic E-state index is 0.752. The Labute approximate surface area is 121 Å². The Bertz CT molecular complexity index is 395. The molecule has 110 valence electrons. The summed E-state index contributed by atoms with van der Waals surface area (Å²) in [5.41, 5.74) is 2.51. The van der Waals surface area contributed by atoms with Gasteiger partial charge in [0.1, 0.15) is 0 Å². The van der Waals surface area contributed by atoms with E-state index in [1.54, 1.807) is 0 Å². The van der Waals surface area contributed by atoms with Crippen LogP contribution in [0.3, 0.4) is 0 Å². The van der Waals surface area contributed by atoms with Gasteiger partial charge in [0.2, 0.25) is 0 Å². The smallest absolute Gasteiger partial charge is 0.0642 e. The normalized spacial score (nSPS) is 20.9. The van der Waals surface area contributed by atoms with Crippen LogP contribution >= 0.6 is 0 Å². The highest BCUT2D eigenvalue weighted by Gasteiger charge is 2.14. The molecule has 1 aromatic rings. The molecule has 3 rings (SSSR count). The Hall–Kier alpha value is -1.26. The number of rotatable bonds is 4. The van der Waals surface area contributed by atoms with Crippen molar-refractivity contribution in [2.45, 2.75) is 12.8 Å². The molecule has 0 spiro atoms. The van der Waals surface area contributed by atoms with Gasteiger partial charge in [-0.3, -0.25) is 0 Å². The van der Waals surface area contributed by atoms with Crippen molar-refractivity contribution in [3.8, 4) is 0 Å². The van der Waals surface area contributed by atoms with E-state index in [0.29, 0.717) is 0 Å². The fourth-order valence-corrected chi connectivity index (χ4v) is 2.82. The Morgan fingerprint density at radius 3 is 2.30 bits per heavy atom. The maximum atomic E-state index is 5.39. The van der Waals surface area contributed by atoms with E-state index < -0.39 is 0 Å². The maximum absolute atomic E-state index is 5.39. The summed E-state index contributed by atoms with van der Waals surface area (Å²) >= 11 is 0. The molecule has 2 aliphatic rings. The van der Waals surface area contributed by atoms with Crippen LogP contribution in [0.15, 0.2) is 24.3 Å². The fraction of sp³-hybridized carbons (Fsp3) is 0.625. The third-order valence-corrected chi connectivity index (χ3v) is 4.18. The maximum Gasteiger partial charge on any atom is 0.0642 e. The number of ether oxygens (including phenoxy) is 2. The molecule has 0 aromatic heterocycles. The lowest BCUT2D eigenvalue weighted by Gasteiger charge is -2.29. The van der Waals surface area contributed by atoms with Crippen molar-refractivity contribution in [3.05, 3.63) is 24.3 Å². The zero-order valence-corrected chi connectivity index (χ0v) is 12.0. The van der Waals surface area contributed by atoms with Gasteiger partial charge < -0.3 is 19.7 Å². The number of nitrogens with zero attached hydrogens (tertiary/aromatic N) is 1. The van der Waals surface area contributed by atoms with Crippen molar-refractivity contribution in [1.82, 2.24) is 0 Å². The van der Waals surface area contributed by atoms with Gasteiger partial charge in [0.15, 0.2) is 0 Å². The summed E-state index contributed by atoms with van der Waals surface area (Å²) in [6.07, 6.45) is 2.36. The van der Waals surface area contributed by atoms with Gasteiger partial charge >= 0.3 is 0 Å². The van der Waals surface area contributed by atoms with E-state index in [1.165, 1.54) is 24.2 Å². The summed E-state index contributed by atoms with van der Waals surface area (Å²) < 4.78 is 10.8. The van der Waals surface area contributed by atoms with Gasteiger partial charge in [0, 0.05) is 44.2 Å². The Balaban J connectivity index is 1.50. The SMILES string of the molecule is c1cc(N2CCOCC2)ccc1NCC1CCOCC1. The average Bonchev–Trinajstić information content (AvgIpc) is 2.55. The van der Waals surface area contributed by atoms with Crippen LogP contribution < -0.4 is 10.2 Å². The molecule has 2 saturated heterocycles. The first-order valence-corrected chi connectivity index (χ1v) is 7.66. The van der Waals surface area contributed by atoms with Gasteiger partial charge in [0.05, 0.1) is 13.2 Å². The zero-order chi connectivity index (χ0) is 13.6. The molecule has 1 N–H and O–H groups in total. The lowest BCUT2D eigenvalue weighted by molar-refractivity contribution is 0.0699.